The van der Waals surface area contributed by atoms with Gasteiger partial charge in [0.15, 0.2) is 5.96 Å². The van der Waals surface area contributed by atoms with Gasteiger partial charge < -0.3 is 15.4 Å². The molecule has 1 unspecified atom stereocenters. The molecule has 2 N–H and O–H groups in total. The zero-order valence-corrected chi connectivity index (χ0v) is 15.1. The average molecular weight is 391 g/mol. The third-order valence-electron chi connectivity index (χ3n) is 2.96. The molecule has 0 aromatic heterocycles. The summed E-state index contributed by atoms with van der Waals surface area (Å²) >= 11 is 0. The fraction of sp³-hybridized carbons (Fsp3) is 0.533. The Morgan fingerprint density at radius 1 is 1.35 bits per heavy atom. The third kappa shape index (κ3) is 6.98. The molecule has 20 heavy (non-hydrogen) atoms. The Balaban J connectivity index is 0.00000361. The standard InChI is InChI=1S/C15H25N3O.HI/c1-5-13(3)18-15(16-4)17-10-11-19-14-9-7-6-8-12(14)2;/h6-9,13H,5,10-11H2,1-4H3,(H2,16,17,18);1H. The molecule has 0 spiro atoms. The fourth-order valence-corrected chi connectivity index (χ4v) is 1.58. The minimum absolute atomic E-state index is 0. The molecule has 5 heteroatoms. The van der Waals surface area contributed by atoms with E-state index in [-0.39, 0.29) is 24.0 Å². The van der Waals surface area contributed by atoms with Gasteiger partial charge in [0.1, 0.15) is 12.4 Å². The molecule has 1 aromatic carbocycles. The summed E-state index contributed by atoms with van der Waals surface area (Å²) in [5.74, 6) is 1.76. The lowest BCUT2D eigenvalue weighted by atomic mass is 10.2. The maximum Gasteiger partial charge on any atom is 0.191 e. The molecular formula is C15H26IN3O. The first-order valence-corrected chi connectivity index (χ1v) is 6.83. The highest BCUT2D eigenvalue weighted by Crippen LogP contribution is 2.15. The third-order valence-corrected chi connectivity index (χ3v) is 2.96. The first kappa shape index (κ1) is 19.0. The fourth-order valence-electron chi connectivity index (χ4n) is 1.58. The Morgan fingerprint density at radius 2 is 2.05 bits per heavy atom. The van der Waals surface area contributed by atoms with Gasteiger partial charge in [0.05, 0.1) is 6.54 Å². The molecule has 0 fully saturated rings. The zero-order valence-electron chi connectivity index (χ0n) is 12.8. The topological polar surface area (TPSA) is 45.7 Å². The summed E-state index contributed by atoms with van der Waals surface area (Å²) < 4.78 is 5.72. The Morgan fingerprint density at radius 3 is 2.65 bits per heavy atom. The number of aliphatic imine (C=N–C) groups is 1. The van der Waals surface area contributed by atoms with Crippen molar-refractivity contribution in [2.75, 3.05) is 20.2 Å². The van der Waals surface area contributed by atoms with E-state index < -0.39 is 0 Å². The number of halogens is 1. The summed E-state index contributed by atoms with van der Waals surface area (Å²) in [6.07, 6.45) is 1.07. The summed E-state index contributed by atoms with van der Waals surface area (Å²) in [7, 11) is 1.78. The SMILES string of the molecule is CCC(C)NC(=NC)NCCOc1ccccc1C.I. The second kappa shape index (κ2) is 10.8. The van der Waals surface area contributed by atoms with E-state index in [1.807, 2.05) is 31.2 Å². The highest BCUT2D eigenvalue weighted by Gasteiger charge is 2.02. The monoisotopic (exact) mass is 391 g/mol. The minimum atomic E-state index is 0. The summed E-state index contributed by atoms with van der Waals surface area (Å²) in [5.41, 5.74) is 1.16. The predicted molar refractivity (Wildman–Crippen MR) is 96.3 cm³/mol. The van der Waals surface area contributed by atoms with Gasteiger partial charge in [-0.15, -0.1) is 24.0 Å². The summed E-state index contributed by atoms with van der Waals surface area (Å²) in [4.78, 5) is 4.18. The lowest BCUT2D eigenvalue weighted by molar-refractivity contribution is 0.319. The summed E-state index contributed by atoms with van der Waals surface area (Å²) in [6.45, 7) is 7.67. The average Bonchev–Trinajstić information content (AvgIpc) is 2.43. The van der Waals surface area contributed by atoms with Crippen LogP contribution < -0.4 is 15.4 Å². The molecule has 0 aliphatic rings. The van der Waals surface area contributed by atoms with Crippen LogP contribution in [-0.4, -0.2) is 32.2 Å². The van der Waals surface area contributed by atoms with Gasteiger partial charge in [-0.2, -0.15) is 0 Å². The van der Waals surface area contributed by atoms with Crippen molar-refractivity contribution in [2.24, 2.45) is 4.99 Å². The molecule has 0 aliphatic carbocycles. The number of nitrogens with one attached hydrogen (secondary N) is 2. The molecule has 0 heterocycles. The molecule has 0 aliphatic heterocycles. The largest absolute Gasteiger partial charge is 0.491 e. The molecule has 114 valence electrons. The van der Waals surface area contributed by atoms with Crippen LogP contribution in [0.25, 0.3) is 0 Å². The molecule has 0 amide bonds. The zero-order chi connectivity index (χ0) is 14.1. The Kier molecular flexibility index (Phi) is 10.2. The predicted octanol–water partition coefficient (Wildman–Crippen LogP) is 2.96. The van der Waals surface area contributed by atoms with E-state index in [9.17, 15) is 0 Å². The highest BCUT2D eigenvalue weighted by atomic mass is 127. The number of ether oxygens (including phenoxy) is 1. The van der Waals surface area contributed by atoms with Gasteiger partial charge in [-0.25, -0.2) is 0 Å². The highest BCUT2D eigenvalue weighted by molar-refractivity contribution is 14.0. The Bertz CT molecular complexity index is 410. The first-order valence-electron chi connectivity index (χ1n) is 6.83. The van der Waals surface area contributed by atoms with Crippen molar-refractivity contribution >= 4 is 29.9 Å². The van der Waals surface area contributed by atoms with Crippen molar-refractivity contribution in [1.29, 1.82) is 0 Å². The van der Waals surface area contributed by atoms with Crippen LogP contribution in [0.4, 0.5) is 0 Å². The Hall–Kier alpha value is -0.980. The normalized spacial score (nSPS) is 12.3. The van der Waals surface area contributed by atoms with Crippen LogP contribution in [-0.2, 0) is 0 Å². The summed E-state index contributed by atoms with van der Waals surface area (Å²) in [5, 5.41) is 6.55. The number of para-hydroxylation sites is 1. The van der Waals surface area contributed by atoms with Crippen molar-refractivity contribution in [1.82, 2.24) is 10.6 Å². The number of rotatable bonds is 6. The van der Waals surface area contributed by atoms with E-state index in [2.05, 4.69) is 29.5 Å². The van der Waals surface area contributed by atoms with Crippen LogP contribution in [0.3, 0.4) is 0 Å². The van der Waals surface area contributed by atoms with Crippen LogP contribution in [0.2, 0.25) is 0 Å². The van der Waals surface area contributed by atoms with Crippen molar-refractivity contribution in [3.63, 3.8) is 0 Å². The quantitative estimate of drug-likeness (QED) is 0.339. The summed E-state index contributed by atoms with van der Waals surface area (Å²) in [6, 6.07) is 8.45. The maximum atomic E-state index is 5.72. The smallest absolute Gasteiger partial charge is 0.191 e. The van der Waals surface area contributed by atoms with E-state index in [0.717, 1.165) is 30.2 Å². The van der Waals surface area contributed by atoms with Gasteiger partial charge in [-0.05, 0) is 31.9 Å². The lowest BCUT2D eigenvalue weighted by Crippen LogP contribution is -2.43. The number of aryl methyl sites for hydroxylation is 1. The van der Waals surface area contributed by atoms with E-state index in [0.29, 0.717) is 12.6 Å². The number of hydrogen-bond acceptors (Lipinski definition) is 2. The van der Waals surface area contributed by atoms with Crippen molar-refractivity contribution in [2.45, 2.75) is 33.2 Å². The van der Waals surface area contributed by atoms with Gasteiger partial charge in [0.25, 0.3) is 0 Å². The minimum Gasteiger partial charge on any atom is -0.491 e. The maximum absolute atomic E-state index is 5.72. The van der Waals surface area contributed by atoms with E-state index in [1.165, 1.54) is 0 Å². The van der Waals surface area contributed by atoms with E-state index in [1.54, 1.807) is 7.05 Å². The molecule has 1 rings (SSSR count). The van der Waals surface area contributed by atoms with Gasteiger partial charge in [0, 0.05) is 13.1 Å². The molecule has 4 nitrogen and oxygen atoms in total. The van der Waals surface area contributed by atoms with Gasteiger partial charge in [0.2, 0.25) is 0 Å². The molecule has 0 saturated heterocycles. The van der Waals surface area contributed by atoms with Crippen molar-refractivity contribution in [3.05, 3.63) is 29.8 Å². The molecule has 0 radical (unpaired) electrons. The molecule has 0 saturated carbocycles. The number of nitrogens with zero attached hydrogens (tertiary/aromatic N) is 1. The van der Waals surface area contributed by atoms with E-state index >= 15 is 0 Å². The van der Waals surface area contributed by atoms with Crippen LogP contribution in [0.1, 0.15) is 25.8 Å². The second-order valence-electron chi connectivity index (χ2n) is 4.57. The van der Waals surface area contributed by atoms with Crippen molar-refractivity contribution < 1.29 is 4.74 Å². The van der Waals surface area contributed by atoms with Crippen LogP contribution in [0.15, 0.2) is 29.3 Å². The lowest BCUT2D eigenvalue weighted by Gasteiger charge is -2.16. The molecular weight excluding hydrogens is 365 g/mol. The van der Waals surface area contributed by atoms with Crippen molar-refractivity contribution in [3.8, 4) is 5.75 Å². The van der Waals surface area contributed by atoms with Gasteiger partial charge in [-0.1, -0.05) is 25.1 Å². The molecule has 0 bridgehead atoms. The van der Waals surface area contributed by atoms with Crippen LogP contribution >= 0.6 is 24.0 Å². The van der Waals surface area contributed by atoms with Gasteiger partial charge >= 0.3 is 0 Å². The van der Waals surface area contributed by atoms with Gasteiger partial charge in [-0.3, -0.25) is 4.99 Å². The Labute approximate surface area is 139 Å². The molecule has 1 atom stereocenters. The second-order valence-corrected chi connectivity index (χ2v) is 4.57. The van der Waals surface area contributed by atoms with E-state index in [4.69, 9.17) is 4.74 Å². The first-order chi connectivity index (χ1) is 9.17. The van der Waals surface area contributed by atoms with Crippen LogP contribution in [0.5, 0.6) is 5.75 Å². The molecule has 1 aromatic rings. The number of benzene rings is 1. The number of guanidine groups is 1. The van der Waals surface area contributed by atoms with Crippen LogP contribution in [0, 0.1) is 6.92 Å². The number of hydrogen-bond donors (Lipinski definition) is 2.